The van der Waals surface area contributed by atoms with E-state index in [2.05, 4.69) is 26.6 Å². The molecule has 0 aliphatic heterocycles. The fraction of sp³-hybridized carbons (Fsp3) is 0.0625. The van der Waals surface area contributed by atoms with Gasteiger partial charge in [-0.15, -0.1) is 0 Å². The third-order valence-electron chi connectivity index (χ3n) is 2.80. The van der Waals surface area contributed by atoms with E-state index in [1.54, 1.807) is 36.4 Å². The maximum atomic E-state index is 12.1. The Balaban J connectivity index is 2.22. The lowest BCUT2D eigenvalue weighted by Crippen LogP contribution is -2.37. The van der Waals surface area contributed by atoms with Crippen LogP contribution in [0.4, 0.5) is 0 Å². The number of furan rings is 1. The molecule has 0 bridgehead atoms. The molecule has 24 heavy (non-hydrogen) atoms. The van der Waals surface area contributed by atoms with Crippen LogP contribution < -0.4 is 10.6 Å². The number of rotatable bonds is 6. The van der Waals surface area contributed by atoms with Gasteiger partial charge in [0.05, 0.1) is 0 Å². The molecule has 0 fully saturated rings. The van der Waals surface area contributed by atoms with E-state index in [1.165, 1.54) is 12.1 Å². The Hall–Kier alpha value is -2.87. The van der Waals surface area contributed by atoms with Gasteiger partial charge in [0.2, 0.25) is 0 Å². The molecule has 2 aromatic rings. The van der Waals surface area contributed by atoms with E-state index < -0.39 is 24.3 Å². The number of carboxylic acids is 1. The lowest BCUT2D eigenvalue weighted by atomic mass is 10.2. The molecular weight excluding hydrogens is 380 g/mol. The molecule has 1 aromatic carbocycles. The van der Waals surface area contributed by atoms with Gasteiger partial charge in [-0.3, -0.25) is 14.4 Å². The minimum Gasteiger partial charge on any atom is -0.480 e. The molecule has 0 saturated carbocycles. The SMILES string of the molecule is O=C(O)CNC(=O)C(=Cc1ccccc1)NC(=O)c1ccc(Br)o1. The standard InChI is InChI=1S/C16H13BrN2O5/c17-13-7-6-12(24-13)16(23)19-11(15(22)18-9-14(20)21)8-10-4-2-1-3-5-10/h1-8H,9H2,(H,18,22)(H,19,23)(H,20,21). The number of hydrogen-bond acceptors (Lipinski definition) is 4. The molecule has 0 aliphatic rings. The van der Waals surface area contributed by atoms with E-state index in [0.29, 0.717) is 10.2 Å². The van der Waals surface area contributed by atoms with Crippen molar-refractivity contribution in [2.45, 2.75) is 0 Å². The number of halogens is 1. The molecule has 0 saturated heterocycles. The Labute approximate surface area is 145 Å². The van der Waals surface area contributed by atoms with Gasteiger partial charge in [0.15, 0.2) is 10.4 Å². The molecule has 124 valence electrons. The Kier molecular flexibility index (Phi) is 5.91. The molecule has 0 spiro atoms. The van der Waals surface area contributed by atoms with Crippen molar-refractivity contribution < 1.29 is 23.9 Å². The molecule has 2 rings (SSSR count). The maximum absolute atomic E-state index is 12.1. The van der Waals surface area contributed by atoms with Crippen molar-refractivity contribution >= 4 is 39.8 Å². The predicted octanol–water partition coefficient (Wildman–Crippen LogP) is 2.01. The Morgan fingerprint density at radius 1 is 1.12 bits per heavy atom. The smallest absolute Gasteiger partial charge is 0.322 e. The summed E-state index contributed by atoms with van der Waals surface area (Å²) in [6.07, 6.45) is 1.44. The Morgan fingerprint density at radius 3 is 2.42 bits per heavy atom. The zero-order valence-electron chi connectivity index (χ0n) is 12.3. The highest BCUT2D eigenvalue weighted by molar-refractivity contribution is 9.10. The van der Waals surface area contributed by atoms with Crippen molar-refractivity contribution in [2.75, 3.05) is 6.54 Å². The summed E-state index contributed by atoms with van der Waals surface area (Å²) in [7, 11) is 0. The number of aliphatic carboxylic acids is 1. The quantitative estimate of drug-likeness (QED) is 0.651. The molecule has 1 aromatic heterocycles. The number of benzene rings is 1. The highest BCUT2D eigenvalue weighted by Crippen LogP contribution is 2.14. The van der Waals surface area contributed by atoms with Crippen LogP contribution >= 0.6 is 15.9 Å². The van der Waals surface area contributed by atoms with Crippen molar-refractivity contribution in [3.05, 3.63) is 64.2 Å². The van der Waals surface area contributed by atoms with E-state index in [0.717, 1.165) is 0 Å². The first kappa shape index (κ1) is 17.5. The molecule has 1 heterocycles. The van der Waals surface area contributed by atoms with Crippen LogP contribution in [0.1, 0.15) is 16.1 Å². The molecule has 3 N–H and O–H groups in total. The van der Waals surface area contributed by atoms with E-state index in [1.807, 2.05) is 0 Å². The minimum atomic E-state index is -1.19. The van der Waals surface area contributed by atoms with Gasteiger partial charge in [0.25, 0.3) is 11.8 Å². The third-order valence-corrected chi connectivity index (χ3v) is 3.23. The number of carbonyl (C=O) groups excluding carboxylic acids is 2. The molecule has 8 heteroatoms. The van der Waals surface area contributed by atoms with Crippen molar-refractivity contribution in [1.29, 1.82) is 0 Å². The molecule has 0 radical (unpaired) electrons. The summed E-state index contributed by atoms with van der Waals surface area (Å²) < 4.78 is 5.50. The van der Waals surface area contributed by atoms with E-state index in [9.17, 15) is 14.4 Å². The summed E-state index contributed by atoms with van der Waals surface area (Å²) in [4.78, 5) is 34.9. The second-order valence-electron chi connectivity index (χ2n) is 4.60. The van der Waals surface area contributed by atoms with Crippen LogP contribution in [-0.2, 0) is 9.59 Å². The van der Waals surface area contributed by atoms with Crippen LogP contribution in [0.3, 0.4) is 0 Å². The second kappa shape index (κ2) is 8.11. The third kappa shape index (κ3) is 5.10. The van der Waals surface area contributed by atoms with E-state index in [4.69, 9.17) is 9.52 Å². The predicted molar refractivity (Wildman–Crippen MR) is 88.9 cm³/mol. The lowest BCUT2D eigenvalue weighted by Gasteiger charge is -2.09. The first-order chi connectivity index (χ1) is 11.5. The summed E-state index contributed by atoms with van der Waals surface area (Å²) in [6.45, 7) is -0.562. The largest absolute Gasteiger partial charge is 0.480 e. The molecule has 0 atom stereocenters. The van der Waals surface area contributed by atoms with E-state index >= 15 is 0 Å². The Morgan fingerprint density at radius 2 is 1.83 bits per heavy atom. The van der Waals surface area contributed by atoms with Crippen LogP contribution in [0.15, 0.2) is 57.2 Å². The van der Waals surface area contributed by atoms with Gasteiger partial charge in [-0.05, 0) is 39.7 Å². The summed E-state index contributed by atoms with van der Waals surface area (Å²) in [5, 5.41) is 13.3. The van der Waals surface area contributed by atoms with Crippen molar-refractivity contribution in [3.63, 3.8) is 0 Å². The molecule has 7 nitrogen and oxygen atoms in total. The maximum Gasteiger partial charge on any atom is 0.322 e. The van der Waals surface area contributed by atoms with Crippen LogP contribution in [0, 0.1) is 0 Å². The highest BCUT2D eigenvalue weighted by Gasteiger charge is 2.17. The van der Waals surface area contributed by atoms with E-state index in [-0.39, 0.29) is 11.5 Å². The molecule has 0 unspecified atom stereocenters. The Bertz CT molecular complexity index is 783. The number of hydrogen-bond donors (Lipinski definition) is 3. The topological polar surface area (TPSA) is 109 Å². The minimum absolute atomic E-state index is 0.00636. The zero-order chi connectivity index (χ0) is 17.5. The number of amides is 2. The fourth-order valence-corrected chi connectivity index (χ4v) is 2.05. The number of nitrogens with one attached hydrogen (secondary N) is 2. The van der Waals surface area contributed by atoms with Crippen LogP contribution in [0.2, 0.25) is 0 Å². The van der Waals surface area contributed by atoms with Crippen molar-refractivity contribution in [3.8, 4) is 0 Å². The monoisotopic (exact) mass is 392 g/mol. The van der Waals surface area contributed by atoms with Crippen molar-refractivity contribution in [2.24, 2.45) is 0 Å². The van der Waals surface area contributed by atoms with Gasteiger partial charge in [0.1, 0.15) is 12.2 Å². The average Bonchev–Trinajstić information content (AvgIpc) is 2.99. The summed E-state index contributed by atoms with van der Waals surface area (Å²) >= 11 is 3.08. The molecular formula is C16H13BrN2O5. The van der Waals surface area contributed by atoms with Crippen LogP contribution in [0.25, 0.3) is 6.08 Å². The lowest BCUT2D eigenvalue weighted by molar-refractivity contribution is -0.137. The number of carbonyl (C=O) groups is 3. The fourth-order valence-electron chi connectivity index (χ4n) is 1.75. The van der Waals surface area contributed by atoms with Crippen LogP contribution in [0.5, 0.6) is 0 Å². The van der Waals surface area contributed by atoms with Gasteiger partial charge in [-0.25, -0.2) is 0 Å². The average molecular weight is 393 g/mol. The highest BCUT2D eigenvalue weighted by atomic mass is 79.9. The van der Waals surface area contributed by atoms with Crippen molar-refractivity contribution in [1.82, 2.24) is 10.6 Å². The first-order valence-electron chi connectivity index (χ1n) is 6.79. The summed E-state index contributed by atoms with van der Waals surface area (Å²) in [6, 6.07) is 11.8. The van der Waals surface area contributed by atoms with Crippen LogP contribution in [-0.4, -0.2) is 29.4 Å². The second-order valence-corrected chi connectivity index (χ2v) is 5.38. The summed E-state index contributed by atoms with van der Waals surface area (Å²) in [5.41, 5.74) is 0.568. The normalized spacial score (nSPS) is 11.0. The summed E-state index contributed by atoms with van der Waals surface area (Å²) in [5.74, 6) is -2.54. The number of carboxylic acid groups (broad SMARTS) is 1. The van der Waals surface area contributed by atoms with Gasteiger partial charge in [-0.1, -0.05) is 30.3 Å². The van der Waals surface area contributed by atoms with Gasteiger partial charge in [-0.2, -0.15) is 0 Å². The van der Waals surface area contributed by atoms with Gasteiger partial charge >= 0.3 is 5.97 Å². The van der Waals surface area contributed by atoms with Gasteiger partial charge in [0, 0.05) is 0 Å². The molecule has 0 aliphatic carbocycles. The molecule has 2 amide bonds. The van der Waals surface area contributed by atoms with Gasteiger partial charge < -0.3 is 20.2 Å². The first-order valence-corrected chi connectivity index (χ1v) is 7.58. The zero-order valence-corrected chi connectivity index (χ0v) is 13.9.